The zero-order valence-corrected chi connectivity index (χ0v) is 8.92. The third kappa shape index (κ3) is 1.34. The van der Waals surface area contributed by atoms with E-state index >= 15 is 0 Å². The molecule has 1 aromatic heterocycles. The van der Waals surface area contributed by atoms with E-state index in [0.717, 1.165) is 10.9 Å². The fraction of sp³-hybridized carbons (Fsp3) is 0.300. The van der Waals surface area contributed by atoms with Crippen LogP contribution in [0.25, 0.3) is 10.9 Å². The van der Waals surface area contributed by atoms with Crippen LogP contribution in [-0.2, 0) is 0 Å². The van der Waals surface area contributed by atoms with Crippen LogP contribution in [0.4, 0.5) is 5.69 Å². The number of halogens is 1. The summed E-state index contributed by atoms with van der Waals surface area (Å²) in [5.74, 6) is 0. The largest absolute Gasteiger partial charge is 0.399 e. The van der Waals surface area contributed by atoms with Crippen LogP contribution < -0.4 is 5.73 Å². The Kier molecular flexibility index (Phi) is 2.11. The lowest BCUT2D eigenvalue weighted by atomic mass is 10.2. The molecule has 0 bridgehead atoms. The number of hydrogen-bond donors (Lipinski definition) is 1. The molecule has 4 heteroatoms. The van der Waals surface area contributed by atoms with Gasteiger partial charge in [0.05, 0.1) is 16.7 Å². The van der Waals surface area contributed by atoms with E-state index in [-0.39, 0.29) is 0 Å². The Morgan fingerprint density at radius 2 is 2.14 bits per heavy atom. The first-order valence-electron chi connectivity index (χ1n) is 4.52. The second kappa shape index (κ2) is 3.17. The van der Waals surface area contributed by atoms with E-state index in [2.05, 4.69) is 18.9 Å². The second-order valence-corrected chi connectivity index (χ2v) is 4.03. The highest BCUT2D eigenvalue weighted by atomic mass is 35.5. The van der Waals surface area contributed by atoms with Gasteiger partial charge in [-0.1, -0.05) is 11.6 Å². The number of nitrogens with two attached hydrogens (primary N) is 1. The molecule has 0 saturated carbocycles. The van der Waals surface area contributed by atoms with Gasteiger partial charge in [0, 0.05) is 17.1 Å². The van der Waals surface area contributed by atoms with E-state index in [1.54, 1.807) is 12.3 Å². The summed E-state index contributed by atoms with van der Waals surface area (Å²) in [5, 5.41) is 5.89. The van der Waals surface area contributed by atoms with Gasteiger partial charge in [0.1, 0.15) is 0 Å². The van der Waals surface area contributed by atoms with Crippen molar-refractivity contribution in [3.05, 3.63) is 23.4 Å². The number of anilines is 1. The third-order valence-electron chi connectivity index (χ3n) is 2.18. The molecule has 0 amide bonds. The van der Waals surface area contributed by atoms with Crippen molar-refractivity contribution in [1.82, 2.24) is 9.78 Å². The van der Waals surface area contributed by atoms with Gasteiger partial charge in [-0.05, 0) is 26.0 Å². The lowest BCUT2D eigenvalue weighted by Gasteiger charge is -2.07. The van der Waals surface area contributed by atoms with E-state index in [9.17, 15) is 0 Å². The number of rotatable bonds is 1. The minimum atomic E-state index is 0.311. The van der Waals surface area contributed by atoms with Crippen LogP contribution in [0.5, 0.6) is 0 Å². The van der Waals surface area contributed by atoms with Crippen molar-refractivity contribution in [3.63, 3.8) is 0 Å². The molecule has 1 heterocycles. The predicted octanol–water partition coefficient (Wildman–Crippen LogP) is 2.85. The molecule has 14 heavy (non-hydrogen) atoms. The van der Waals surface area contributed by atoms with Crippen LogP contribution in [0, 0.1) is 0 Å². The first kappa shape index (κ1) is 9.34. The highest BCUT2D eigenvalue weighted by Crippen LogP contribution is 2.27. The number of hydrogen-bond acceptors (Lipinski definition) is 2. The molecule has 0 radical (unpaired) electrons. The Morgan fingerprint density at radius 3 is 2.79 bits per heavy atom. The number of fused-ring (bicyclic) bond motifs is 1. The van der Waals surface area contributed by atoms with Crippen molar-refractivity contribution in [2.24, 2.45) is 0 Å². The Hall–Kier alpha value is -1.22. The molecule has 0 aliphatic rings. The number of benzene rings is 1. The topological polar surface area (TPSA) is 43.8 Å². The van der Waals surface area contributed by atoms with Crippen LogP contribution in [0.15, 0.2) is 18.3 Å². The fourth-order valence-electron chi connectivity index (χ4n) is 1.53. The van der Waals surface area contributed by atoms with Gasteiger partial charge in [-0.3, -0.25) is 4.68 Å². The van der Waals surface area contributed by atoms with Gasteiger partial charge in [0.2, 0.25) is 0 Å². The Labute approximate surface area is 87.5 Å². The summed E-state index contributed by atoms with van der Waals surface area (Å²) in [6.07, 6.45) is 1.77. The average Bonchev–Trinajstić information content (AvgIpc) is 2.47. The molecule has 74 valence electrons. The average molecular weight is 210 g/mol. The number of nitrogen functional groups attached to an aromatic ring is 1. The monoisotopic (exact) mass is 209 g/mol. The van der Waals surface area contributed by atoms with Crippen LogP contribution >= 0.6 is 11.6 Å². The summed E-state index contributed by atoms with van der Waals surface area (Å²) < 4.78 is 1.91. The maximum absolute atomic E-state index is 6.05. The Bertz CT molecular complexity index is 473. The maximum Gasteiger partial charge on any atom is 0.0721 e. The van der Waals surface area contributed by atoms with Crippen molar-refractivity contribution in [1.29, 1.82) is 0 Å². The van der Waals surface area contributed by atoms with Gasteiger partial charge >= 0.3 is 0 Å². The maximum atomic E-state index is 6.05. The first-order valence-corrected chi connectivity index (χ1v) is 4.89. The molecule has 0 spiro atoms. The van der Waals surface area contributed by atoms with Gasteiger partial charge in [-0.15, -0.1) is 0 Å². The van der Waals surface area contributed by atoms with Gasteiger partial charge in [-0.25, -0.2) is 0 Å². The summed E-state index contributed by atoms with van der Waals surface area (Å²) in [5.41, 5.74) is 7.39. The molecule has 2 rings (SSSR count). The minimum absolute atomic E-state index is 0.311. The van der Waals surface area contributed by atoms with Crippen molar-refractivity contribution >= 4 is 28.2 Å². The zero-order chi connectivity index (χ0) is 10.3. The molecule has 2 aromatic rings. The summed E-state index contributed by atoms with van der Waals surface area (Å²) >= 11 is 6.05. The molecule has 2 N–H and O–H groups in total. The van der Waals surface area contributed by atoms with E-state index < -0.39 is 0 Å². The van der Waals surface area contributed by atoms with E-state index in [0.29, 0.717) is 16.8 Å². The van der Waals surface area contributed by atoms with Gasteiger partial charge in [-0.2, -0.15) is 5.10 Å². The SMILES string of the molecule is CC(C)n1ncc2c(Cl)cc(N)cc21. The highest BCUT2D eigenvalue weighted by molar-refractivity contribution is 6.35. The molecule has 0 atom stereocenters. The Balaban J connectivity index is 2.78. The third-order valence-corrected chi connectivity index (χ3v) is 2.49. The molecule has 0 aliphatic carbocycles. The van der Waals surface area contributed by atoms with E-state index in [1.807, 2.05) is 10.7 Å². The van der Waals surface area contributed by atoms with Gasteiger partial charge < -0.3 is 5.73 Å². The lowest BCUT2D eigenvalue weighted by Crippen LogP contribution is -2.02. The summed E-state index contributed by atoms with van der Waals surface area (Å²) in [4.78, 5) is 0. The quantitative estimate of drug-likeness (QED) is 0.734. The van der Waals surface area contributed by atoms with Crippen molar-refractivity contribution in [2.45, 2.75) is 19.9 Å². The minimum Gasteiger partial charge on any atom is -0.399 e. The summed E-state index contributed by atoms with van der Waals surface area (Å²) in [7, 11) is 0. The lowest BCUT2D eigenvalue weighted by molar-refractivity contribution is 0.551. The first-order chi connectivity index (χ1) is 6.59. The molecular formula is C10H12ClN3. The predicted molar refractivity (Wildman–Crippen MR) is 59.5 cm³/mol. The van der Waals surface area contributed by atoms with Crippen LogP contribution in [0.3, 0.4) is 0 Å². The highest BCUT2D eigenvalue weighted by Gasteiger charge is 2.08. The van der Waals surface area contributed by atoms with Crippen molar-refractivity contribution in [3.8, 4) is 0 Å². The molecular weight excluding hydrogens is 198 g/mol. The zero-order valence-electron chi connectivity index (χ0n) is 8.16. The second-order valence-electron chi connectivity index (χ2n) is 3.62. The summed E-state index contributed by atoms with van der Waals surface area (Å²) in [6.45, 7) is 4.15. The standard InChI is InChI=1S/C10H12ClN3/c1-6(2)14-10-4-7(12)3-9(11)8(10)5-13-14/h3-6H,12H2,1-2H3. The van der Waals surface area contributed by atoms with Crippen molar-refractivity contribution < 1.29 is 0 Å². The van der Waals surface area contributed by atoms with E-state index in [1.165, 1.54) is 0 Å². The number of aromatic nitrogens is 2. The molecule has 1 aromatic carbocycles. The van der Waals surface area contributed by atoms with E-state index in [4.69, 9.17) is 17.3 Å². The smallest absolute Gasteiger partial charge is 0.0721 e. The van der Waals surface area contributed by atoms with Gasteiger partial charge in [0.15, 0.2) is 0 Å². The molecule has 0 saturated heterocycles. The van der Waals surface area contributed by atoms with Crippen LogP contribution in [0.1, 0.15) is 19.9 Å². The molecule has 0 fully saturated rings. The number of nitrogens with zero attached hydrogens (tertiary/aromatic N) is 2. The van der Waals surface area contributed by atoms with Crippen LogP contribution in [0.2, 0.25) is 5.02 Å². The molecule has 0 aliphatic heterocycles. The fourth-order valence-corrected chi connectivity index (χ4v) is 1.81. The summed E-state index contributed by atoms with van der Waals surface area (Å²) in [6, 6.07) is 3.95. The van der Waals surface area contributed by atoms with Gasteiger partial charge in [0.25, 0.3) is 0 Å². The van der Waals surface area contributed by atoms with Crippen LogP contribution in [-0.4, -0.2) is 9.78 Å². The normalized spacial score (nSPS) is 11.4. The molecule has 0 unspecified atom stereocenters. The molecule has 3 nitrogen and oxygen atoms in total. The Morgan fingerprint density at radius 1 is 1.43 bits per heavy atom. The van der Waals surface area contributed by atoms with Crippen molar-refractivity contribution in [2.75, 3.05) is 5.73 Å².